The highest BCUT2D eigenvalue weighted by Crippen LogP contribution is 2.29. The van der Waals surface area contributed by atoms with E-state index in [1.54, 1.807) is 6.07 Å². The molecule has 0 saturated carbocycles. The first-order valence-corrected chi connectivity index (χ1v) is 8.40. The molecule has 0 amide bonds. The Bertz CT molecular complexity index is 781. The van der Waals surface area contributed by atoms with Crippen molar-refractivity contribution in [3.8, 4) is 5.75 Å². The number of nitrogen functional groups attached to an aromatic ring is 1. The molecule has 0 unspecified atom stereocenters. The average Bonchev–Trinajstić information content (AvgIpc) is 2.43. The molecule has 0 aromatic heterocycles. The van der Waals surface area contributed by atoms with Crippen molar-refractivity contribution < 1.29 is 13.2 Å². The van der Waals surface area contributed by atoms with E-state index in [0.29, 0.717) is 15.2 Å². The molecule has 0 aliphatic carbocycles. The van der Waals surface area contributed by atoms with Gasteiger partial charge in [0.05, 0.1) is 28.4 Å². The van der Waals surface area contributed by atoms with E-state index in [-0.39, 0.29) is 16.3 Å². The second-order valence-corrected chi connectivity index (χ2v) is 7.08. The average molecular weight is 392 g/mol. The van der Waals surface area contributed by atoms with Crippen molar-refractivity contribution in [3.05, 3.63) is 45.9 Å². The van der Waals surface area contributed by atoms with Crippen molar-refractivity contribution in [2.45, 2.75) is 4.90 Å². The van der Waals surface area contributed by atoms with E-state index in [9.17, 15) is 8.42 Å². The summed E-state index contributed by atoms with van der Waals surface area (Å²) >= 11 is 9.05. The molecule has 0 aliphatic rings. The Morgan fingerprint density at radius 3 is 2.52 bits per heavy atom. The molecule has 2 aromatic carbocycles. The van der Waals surface area contributed by atoms with Crippen LogP contribution in [-0.4, -0.2) is 15.5 Å². The fraction of sp³-hybridized carbons (Fsp3) is 0.0769. The predicted octanol–water partition coefficient (Wildman–Crippen LogP) is 3.49. The first-order chi connectivity index (χ1) is 9.83. The van der Waals surface area contributed by atoms with Gasteiger partial charge >= 0.3 is 0 Å². The Kier molecular flexibility index (Phi) is 4.65. The highest BCUT2D eigenvalue weighted by atomic mass is 79.9. The number of benzene rings is 2. The maximum Gasteiger partial charge on any atom is 0.262 e. The van der Waals surface area contributed by atoms with Gasteiger partial charge in [-0.05, 0) is 46.3 Å². The number of nitrogens with two attached hydrogens (primary N) is 1. The molecular formula is C13H12BrClN2O3S. The Morgan fingerprint density at radius 2 is 1.95 bits per heavy atom. The molecule has 0 atom stereocenters. The van der Waals surface area contributed by atoms with Gasteiger partial charge in [0.1, 0.15) is 5.75 Å². The number of sulfonamides is 1. The van der Waals surface area contributed by atoms with Crippen molar-refractivity contribution in [2.24, 2.45) is 0 Å². The van der Waals surface area contributed by atoms with Crippen LogP contribution in [-0.2, 0) is 10.0 Å². The van der Waals surface area contributed by atoms with Crippen LogP contribution in [0.3, 0.4) is 0 Å². The van der Waals surface area contributed by atoms with E-state index < -0.39 is 10.0 Å². The minimum atomic E-state index is -3.75. The molecule has 0 spiro atoms. The van der Waals surface area contributed by atoms with Gasteiger partial charge in [0.2, 0.25) is 0 Å². The van der Waals surface area contributed by atoms with Crippen molar-refractivity contribution in [1.82, 2.24) is 0 Å². The van der Waals surface area contributed by atoms with Gasteiger partial charge in [-0.15, -0.1) is 0 Å². The Balaban J connectivity index is 2.35. The maximum absolute atomic E-state index is 12.3. The first-order valence-electron chi connectivity index (χ1n) is 5.75. The number of hydrogen-bond acceptors (Lipinski definition) is 4. The smallest absolute Gasteiger partial charge is 0.262 e. The van der Waals surface area contributed by atoms with Gasteiger partial charge in [-0.2, -0.15) is 0 Å². The summed E-state index contributed by atoms with van der Waals surface area (Å²) in [6, 6.07) is 9.02. The third-order valence-electron chi connectivity index (χ3n) is 2.70. The van der Waals surface area contributed by atoms with Crippen LogP contribution in [0, 0.1) is 0 Å². The zero-order valence-corrected chi connectivity index (χ0v) is 14.1. The van der Waals surface area contributed by atoms with E-state index >= 15 is 0 Å². The monoisotopic (exact) mass is 390 g/mol. The summed E-state index contributed by atoms with van der Waals surface area (Å²) in [4.78, 5) is 0.0778. The zero-order chi connectivity index (χ0) is 15.6. The lowest BCUT2D eigenvalue weighted by Gasteiger charge is -2.12. The quantitative estimate of drug-likeness (QED) is 0.782. The molecule has 0 saturated heterocycles. The van der Waals surface area contributed by atoms with E-state index in [4.69, 9.17) is 22.1 Å². The van der Waals surface area contributed by atoms with Gasteiger partial charge in [-0.25, -0.2) is 8.42 Å². The van der Waals surface area contributed by atoms with Crippen LogP contribution < -0.4 is 15.2 Å². The van der Waals surface area contributed by atoms with Crippen LogP contribution in [0.2, 0.25) is 5.02 Å². The largest absolute Gasteiger partial charge is 0.497 e. The Morgan fingerprint density at radius 1 is 1.24 bits per heavy atom. The summed E-state index contributed by atoms with van der Waals surface area (Å²) in [5, 5.41) is 0.429. The molecule has 8 heteroatoms. The number of methoxy groups -OCH3 is 1. The molecule has 0 fully saturated rings. The number of anilines is 2. The van der Waals surface area contributed by atoms with Crippen molar-refractivity contribution in [2.75, 3.05) is 17.6 Å². The van der Waals surface area contributed by atoms with Crippen molar-refractivity contribution in [3.63, 3.8) is 0 Å². The Labute approximate surface area is 136 Å². The molecule has 0 aliphatic heterocycles. The van der Waals surface area contributed by atoms with Gasteiger partial charge in [-0.3, -0.25) is 4.72 Å². The fourth-order valence-corrected chi connectivity index (χ4v) is 3.37. The topological polar surface area (TPSA) is 81.4 Å². The summed E-state index contributed by atoms with van der Waals surface area (Å²) in [6.07, 6.45) is 0. The lowest BCUT2D eigenvalue weighted by molar-refractivity contribution is 0.415. The number of ether oxygens (including phenoxy) is 1. The molecule has 2 aromatic rings. The van der Waals surface area contributed by atoms with Crippen LogP contribution in [0.15, 0.2) is 45.8 Å². The molecule has 0 bridgehead atoms. The highest BCUT2D eigenvalue weighted by Gasteiger charge is 2.17. The van der Waals surface area contributed by atoms with Crippen LogP contribution in [0.4, 0.5) is 11.4 Å². The van der Waals surface area contributed by atoms with Crippen LogP contribution >= 0.6 is 27.5 Å². The number of nitrogens with one attached hydrogen (secondary N) is 1. The molecule has 21 heavy (non-hydrogen) atoms. The summed E-state index contributed by atoms with van der Waals surface area (Å²) in [5.41, 5.74) is 6.35. The summed E-state index contributed by atoms with van der Waals surface area (Å²) < 4.78 is 32.6. The number of halogens is 2. The maximum atomic E-state index is 12.3. The van der Waals surface area contributed by atoms with Gasteiger partial charge in [0.15, 0.2) is 0 Å². The van der Waals surface area contributed by atoms with Crippen LogP contribution in [0.5, 0.6) is 5.75 Å². The highest BCUT2D eigenvalue weighted by molar-refractivity contribution is 9.10. The first kappa shape index (κ1) is 15.9. The second kappa shape index (κ2) is 6.13. The third-order valence-corrected chi connectivity index (χ3v) is 5.28. The van der Waals surface area contributed by atoms with Gasteiger partial charge in [0, 0.05) is 10.5 Å². The summed E-state index contributed by atoms with van der Waals surface area (Å²) in [7, 11) is -2.25. The standard InChI is InChI=1S/C13H12BrClN2O3S/c1-20-8-2-5-13(12(16)6-8)17-21(18,19)9-3-4-11(15)10(14)7-9/h2-7,17H,16H2,1H3. The summed E-state index contributed by atoms with van der Waals surface area (Å²) in [5.74, 6) is 0.546. The Hall–Kier alpha value is -1.44. The van der Waals surface area contributed by atoms with E-state index in [1.165, 1.54) is 37.4 Å². The molecule has 112 valence electrons. The molecule has 5 nitrogen and oxygen atoms in total. The number of hydrogen-bond donors (Lipinski definition) is 2. The normalized spacial score (nSPS) is 11.2. The van der Waals surface area contributed by atoms with Crippen LogP contribution in [0.25, 0.3) is 0 Å². The zero-order valence-electron chi connectivity index (χ0n) is 10.9. The van der Waals surface area contributed by atoms with Crippen molar-refractivity contribution in [1.29, 1.82) is 0 Å². The molecule has 2 rings (SSSR count). The minimum Gasteiger partial charge on any atom is -0.497 e. The molecule has 0 radical (unpaired) electrons. The third kappa shape index (κ3) is 3.61. The lowest BCUT2D eigenvalue weighted by atomic mass is 10.2. The van der Waals surface area contributed by atoms with Crippen molar-refractivity contribution >= 4 is 48.9 Å². The van der Waals surface area contributed by atoms with Gasteiger partial charge in [0.25, 0.3) is 10.0 Å². The fourth-order valence-electron chi connectivity index (χ4n) is 1.61. The van der Waals surface area contributed by atoms with E-state index in [0.717, 1.165) is 0 Å². The molecule has 0 heterocycles. The van der Waals surface area contributed by atoms with Crippen LogP contribution in [0.1, 0.15) is 0 Å². The number of rotatable bonds is 4. The molecule has 3 N–H and O–H groups in total. The SMILES string of the molecule is COc1ccc(NS(=O)(=O)c2ccc(Cl)c(Br)c2)c(N)c1. The second-order valence-electron chi connectivity index (χ2n) is 4.13. The van der Waals surface area contributed by atoms with E-state index in [2.05, 4.69) is 20.7 Å². The summed E-state index contributed by atoms with van der Waals surface area (Å²) in [6.45, 7) is 0. The minimum absolute atomic E-state index is 0.0778. The molecular weight excluding hydrogens is 380 g/mol. The van der Waals surface area contributed by atoms with Gasteiger partial charge in [-0.1, -0.05) is 11.6 Å². The lowest BCUT2D eigenvalue weighted by Crippen LogP contribution is -2.14. The van der Waals surface area contributed by atoms with E-state index in [1.807, 2.05) is 0 Å². The van der Waals surface area contributed by atoms with Gasteiger partial charge < -0.3 is 10.5 Å². The predicted molar refractivity (Wildman–Crippen MR) is 87.4 cm³/mol.